The molecule has 0 aliphatic rings. The second-order valence-electron chi connectivity index (χ2n) is 5.80. The first-order valence-corrected chi connectivity index (χ1v) is 8.74. The van der Waals surface area contributed by atoms with Crippen molar-refractivity contribution < 1.29 is 18.4 Å². The fourth-order valence-corrected chi connectivity index (χ4v) is 2.62. The number of hydrogen-bond donors (Lipinski definition) is 2. The van der Waals surface area contributed by atoms with Crippen LogP contribution >= 0.6 is 11.6 Å². The molecular weight excluding hydrogens is 383 g/mol. The summed E-state index contributed by atoms with van der Waals surface area (Å²) in [5.74, 6) is -0.693. The second-order valence-corrected chi connectivity index (χ2v) is 6.21. The van der Waals surface area contributed by atoms with Gasteiger partial charge in [-0.2, -0.15) is 0 Å². The highest BCUT2D eigenvalue weighted by Crippen LogP contribution is 2.18. The molecule has 0 radical (unpaired) electrons. The number of nitrogens with one attached hydrogen (secondary N) is 2. The van der Waals surface area contributed by atoms with E-state index in [0.717, 1.165) is 0 Å². The number of furan rings is 1. The molecule has 5 nitrogen and oxygen atoms in total. The van der Waals surface area contributed by atoms with Gasteiger partial charge in [0.05, 0.1) is 29.1 Å². The molecule has 3 rings (SSSR count). The van der Waals surface area contributed by atoms with Crippen LogP contribution in [0.1, 0.15) is 21.7 Å². The minimum atomic E-state index is -0.530. The van der Waals surface area contributed by atoms with Crippen LogP contribution in [0, 0.1) is 5.82 Å². The van der Waals surface area contributed by atoms with Crippen molar-refractivity contribution in [2.45, 2.75) is 6.54 Å². The van der Waals surface area contributed by atoms with Crippen molar-refractivity contribution in [3.63, 3.8) is 0 Å². The zero-order chi connectivity index (χ0) is 19.9. The maximum atomic E-state index is 13.2. The third-order valence-electron chi connectivity index (χ3n) is 3.80. The summed E-state index contributed by atoms with van der Waals surface area (Å²) in [6, 6.07) is 14.3. The Balaban J connectivity index is 1.66. The van der Waals surface area contributed by atoms with Gasteiger partial charge in [-0.3, -0.25) is 9.59 Å². The molecule has 2 aromatic carbocycles. The maximum absolute atomic E-state index is 13.2. The predicted octanol–water partition coefficient (Wildman–Crippen LogP) is 4.65. The number of hydrogen-bond acceptors (Lipinski definition) is 3. The third-order valence-corrected chi connectivity index (χ3v) is 4.09. The second kappa shape index (κ2) is 9.01. The number of anilines is 1. The third kappa shape index (κ3) is 5.08. The molecule has 0 aliphatic heterocycles. The number of benzene rings is 2. The van der Waals surface area contributed by atoms with Gasteiger partial charge in [-0.25, -0.2) is 4.39 Å². The van der Waals surface area contributed by atoms with Gasteiger partial charge in [0.25, 0.3) is 5.91 Å². The van der Waals surface area contributed by atoms with E-state index in [2.05, 4.69) is 10.6 Å². The first kappa shape index (κ1) is 19.4. The predicted molar refractivity (Wildman–Crippen MR) is 105 cm³/mol. The monoisotopic (exact) mass is 398 g/mol. The molecule has 28 heavy (non-hydrogen) atoms. The Morgan fingerprint density at radius 1 is 1.11 bits per heavy atom. The summed E-state index contributed by atoms with van der Waals surface area (Å²) in [4.78, 5) is 24.6. The number of carbonyl (C=O) groups excluding carboxylic acids is 2. The van der Waals surface area contributed by atoms with Gasteiger partial charge in [-0.05, 0) is 48.0 Å². The Kier molecular flexibility index (Phi) is 6.24. The summed E-state index contributed by atoms with van der Waals surface area (Å²) < 4.78 is 18.4. The van der Waals surface area contributed by atoms with Crippen LogP contribution in [0.3, 0.4) is 0 Å². The lowest BCUT2D eigenvalue weighted by Gasteiger charge is -2.10. The van der Waals surface area contributed by atoms with E-state index in [1.54, 1.807) is 36.4 Å². The highest BCUT2D eigenvalue weighted by atomic mass is 35.5. The van der Waals surface area contributed by atoms with E-state index in [4.69, 9.17) is 16.0 Å². The number of rotatable bonds is 6. The topological polar surface area (TPSA) is 71.3 Å². The normalized spacial score (nSPS) is 10.8. The smallest absolute Gasteiger partial charge is 0.253 e. The van der Waals surface area contributed by atoms with Crippen molar-refractivity contribution in [1.29, 1.82) is 0 Å². The maximum Gasteiger partial charge on any atom is 0.253 e. The largest absolute Gasteiger partial charge is 0.467 e. The molecule has 1 heterocycles. The molecule has 0 atom stereocenters. The van der Waals surface area contributed by atoms with Crippen LogP contribution in [0.4, 0.5) is 10.1 Å². The van der Waals surface area contributed by atoms with E-state index in [1.807, 2.05) is 0 Å². The van der Waals surface area contributed by atoms with Crippen molar-refractivity contribution in [2.75, 3.05) is 5.32 Å². The minimum absolute atomic E-state index is 0.0267. The summed E-state index contributed by atoms with van der Waals surface area (Å²) in [7, 11) is 0. The van der Waals surface area contributed by atoms with Gasteiger partial charge in [0.2, 0.25) is 5.91 Å². The van der Waals surface area contributed by atoms with Crippen LogP contribution in [0.2, 0.25) is 5.02 Å². The fraction of sp³-hybridized carbons (Fsp3) is 0.0476. The molecule has 7 heteroatoms. The number of halogens is 2. The summed E-state index contributed by atoms with van der Waals surface area (Å²) in [5, 5.41) is 5.37. The van der Waals surface area contributed by atoms with E-state index < -0.39 is 11.7 Å². The highest BCUT2D eigenvalue weighted by molar-refractivity contribution is 6.30. The van der Waals surface area contributed by atoms with Crippen LogP contribution in [-0.4, -0.2) is 11.8 Å². The lowest BCUT2D eigenvalue weighted by Crippen LogP contribution is -2.24. The van der Waals surface area contributed by atoms with E-state index in [9.17, 15) is 14.0 Å². The molecular formula is C21H16ClFN2O3. The Labute approximate surface area is 165 Å². The SMILES string of the molecule is O=C(/C=C/c1ccc(F)c(Cl)c1)Nc1ccccc1C(=O)NCc1ccco1. The van der Waals surface area contributed by atoms with E-state index in [1.165, 1.54) is 36.6 Å². The highest BCUT2D eigenvalue weighted by Gasteiger charge is 2.12. The summed E-state index contributed by atoms with van der Waals surface area (Å²) in [6.45, 7) is 0.235. The summed E-state index contributed by atoms with van der Waals surface area (Å²) in [5.41, 5.74) is 1.26. The quantitative estimate of drug-likeness (QED) is 0.593. The fourth-order valence-electron chi connectivity index (χ4n) is 2.43. The molecule has 142 valence electrons. The molecule has 3 aromatic rings. The van der Waals surface area contributed by atoms with E-state index in [-0.39, 0.29) is 17.5 Å². The van der Waals surface area contributed by atoms with Crippen molar-refractivity contribution in [1.82, 2.24) is 5.32 Å². The van der Waals surface area contributed by atoms with E-state index >= 15 is 0 Å². The number of carbonyl (C=O) groups is 2. The van der Waals surface area contributed by atoms with Gasteiger partial charge in [-0.1, -0.05) is 29.8 Å². The van der Waals surface area contributed by atoms with Gasteiger partial charge in [0.15, 0.2) is 0 Å². The van der Waals surface area contributed by atoms with Crippen LogP contribution < -0.4 is 10.6 Å². The standard InChI is InChI=1S/C21H16ClFN2O3/c22-17-12-14(7-9-18(17)23)8-10-20(26)25-19-6-2-1-5-16(19)21(27)24-13-15-4-3-11-28-15/h1-12H,13H2,(H,24,27)(H,25,26)/b10-8+. The van der Waals surface area contributed by atoms with Crippen molar-refractivity contribution >= 4 is 35.2 Å². The van der Waals surface area contributed by atoms with Gasteiger partial charge in [-0.15, -0.1) is 0 Å². The number of amides is 2. The minimum Gasteiger partial charge on any atom is -0.467 e. The van der Waals surface area contributed by atoms with Crippen molar-refractivity contribution in [2.24, 2.45) is 0 Å². The van der Waals surface area contributed by atoms with Gasteiger partial charge < -0.3 is 15.1 Å². The molecule has 0 spiro atoms. The van der Waals surface area contributed by atoms with Crippen molar-refractivity contribution in [3.8, 4) is 0 Å². The van der Waals surface area contributed by atoms with Crippen molar-refractivity contribution in [3.05, 3.63) is 94.7 Å². The zero-order valence-corrected chi connectivity index (χ0v) is 15.4. The Morgan fingerprint density at radius 3 is 2.68 bits per heavy atom. The summed E-state index contributed by atoms with van der Waals surface area (Å²) in [6.07, 6.45) is 4.30. The lowest BCUT2D eigenvalue weighted by molar-refractivity contribution is -0.111. The zero-order valence-electron chi connectivity index (χ0n) is 14.6. The van der Waals surface area contributed by atoms with Crippen LogP contribution in [0.15, 0.2) is 71.4 Å². The molecule has 0 saturated carbocycles. The van der Waals surface area contributed by atoms with Crippen LogP contribution in [-0.2, 0) is 11.3 Å². The molecule has 1 aromatic heterocycles. The lowest BCUT2D eigenvalue weighted by atomic mass is 10.1. The van der Waals surface area contributed by atoms with E-state index in [0.29, 0.717) is 22.6 Å². The Bertz CT molecular complexity index is 1020. The number of para-hydroxylation sites is 1. The van der Waals surface area contributed by atoms with Gasteiger partial charge >= 0.3 is 0 Å². The van der Waals surface area contributed by atoms with Gasteiger partial charge in [0.1, 0.15) is 11.6 Å². The molecule has 0 unspecified atom stereocenters. The molecule has 2 amide bonds. The summed E-state index contributed by atoms with van der Waals surface area (Å²) >= 11 is 5.72. The average molecular weight is 399 g/mol. The van der Waals surface area contributed by atoms with Gasteiger partial charge in [0, 0.05) is 6.08 Å². The Hall–Kier alpha value is -3.38. The van der Waals surface area contributed by atoms with Crippen LogP contribution in [0.5, 0.6) is 0 Å². The first-order valence-electron chi connectivity index (χ1n) is 8.36. The molecule has 0 fully saturated rings. The molecule has 0 aliphatic carbocycles. The Morgan fingerprint density at radius 2 is 1.93 bits per heavy atom. The molecule has 2 N–H and O–H groups in total. The molecule has 0 saturated heterocycles. The first-order chi connectivity index (χ1) is 13.5. The van der Waals surface area contributed by atoms with Crippen LogP contribution in [0.25, 0.3) is 6.08 Å². The molecule has 0 bridgehead atoms. The average Bonchev–Trinajstić information content (AvgIpc) is 3.21.